The van der Waals surface area contributed by atoms with Crippen LogP contribution in [0.25, 0.3) is 10.9 Å². The first kappa shape index (κ1) is 23.3. The molecule has 2 aliphatic rings. The van der Waals surface area contributed by atoms with E-state index in [2.05, 4.69) is 39.7 Å². The van der Waals surface area contributed by atoms with Gasteiger partial charge in [-0.3, -0.25) is 4.79 Å². The first-order valence-electron chi connectivity index (χ1n) is 12.3. The minimum atomic E-state index is -0.667. The maximum Gasteiger partial charge on any atom is 0.251 e. The Morgan fingerprint density at radius 1 is 1.24 bits per heavy atom. The van der Waals surface area contributed by atoms with Crippen molar-refractivity contribution in [2.75, 3.05) is 23.7 Å². The van der Waals surface area contributed by atoms with E-state index < -0.39 is 6.10 Å². The zero-order chi connectivity index (χ0) is 23.7. The summed E-state index contributed by atoms with van der Waals surface area (Å²) in [6, 6.07) is 14.2. The van der Waals surface area contributed by atoms with Crippen LogP contribution in [0, 0.1) is 0 Å². The second kappa shape index (κ2) is 10.0. The van der Waals surface area contributed by atoms with Crippen LogP contribution in [0.2, 0.25) is 0 Å². The van der Waals surface area contributed by atoms with E-state index in [9.17, 15) is 9.90 Å². The summed E-state index contributed by atoms with van der Waals surface area (Å²) in [5.41, 5.74) is 5.27. The Morgan fingerprint density at radius 2 is 2.03 bits per heavy atom. The highest BCUT2D eigenvalue weighted by atomic mass is 32.2. The highest BCUT2D eigenvalue weighted by Crippen LogP contribution is 2.38. The Bertz CT molecular complexity index is 1160. The van der Waals surface area contributed by atoms with E-state index >= 15 is 0 Å². The fourth-order valence-corrected chi connectivity index (χ4v) is 5.67. The zero-order valence-corrected chi connectivity index (χ0v) is 20.8. The van der Waals surface area contributed by atoms with Gasteiger partial charge in [0.05, 0.1) is 23.3 Å². The van der Waals surface area contributed by atoms with Gasteiger partial charge in [-0.2, -0.15) is 0 Å². The molecule has 6 nitrogen and oxygen atoms in total. The van der Waals surface area contributed by atoms with Crippen LogP contribution < -0.4 is 14.9 Å². The third-order valence-corrected chi connectivity index (χ3v) is 7.88. The molecule has 1 fully saturated rings. The molecule has 0 unspecified atom stereocenters. The number of hydrogen-bond acceptors (Lipinski definition) is 5. The van der Waals surface area contributed by atoms with Crippen molar-refractivity contribution in [2.24, 2.45) is 0 Å². The fourth-order valence-electron chi connectivity index (χ4n) is 4.80. The number of aliphatic hydroxyl groups is 1. The van der Waals surface area contributed by atoms with Gasteiger partial charge in [0.1, 0.15) is 0 Å². The SMILES string of the molecule is CCn1cc2c3c(cc(C(=O)N[C@@H](Cc4ccccc4)[C@H](O)CNC4CC4)cc31)N(C)SCC2. The van der Waals surface area contributed by atoms with Gasteiger partial charge in [0.2, 0.25) is 0 Å². The summed E-state index contributed by atoms with van der Waals surface area (Å²) in [7, 11) is 2.07. The monoisotopic (exact) mass is 478 g/mol. The van der Waals surface area contributed by atoms with Crippen molar-refractivity contribution in [1.29, 1.82) is 0 Å². The second-order valence-corrected chi connectivity index (χ2v) is 10.6. The number of carbonyl (C=O) groups excluding carboxylic acids is 1. The van der Waals surface area contributed by atoms with Crippen LogP contribution in [-0.2, 0) is 19.4 Å². The molecule has 3 aromatic rings. The van der Waals surface area contributed by atoms with E-state index in [-0.39, 0.29) is 11.9 Å². The first-order valence-corrected chi connectivity index (χ1v) is 13.3. The number of carbonyl (C=O) groups is 1. The zero-order valence-electron chi connectivity index (χ0n) is 20.0. The molecule has 2 aromatic carbocycles. The number of amides is 1. The van der Waals surface area contributed by atoms with Gasteiger partial charge >= 0.3 is 0 Å². The van der Waals surface area contributed by atoms with Gasteiger partial charge in [-0.15, -0.1) is 0 Å². The van der Waals surface area contributed by atoms with Gasteiger partial charge in [0, 0.05) is 49.1 Å². The summed E-state index contributed by atoms with van der Waals surface area (Å²) in [6.07, 6.45) is 5.50. The number of benzene rings is 2. The summed E-state index contributed by atoms with van der Waals surface area (Å²) in [5, 5.41) is 18.8. The first-order chi connectivity index (χ1) is 16.5. The summed E-state index contributed by atoms with van der Waals surface area (Å²) < 4.78 is 4.43. The molecule has 34 heavy (non-hydrogen) atoms. The Morgan fingerprint density at radius 3 is 2.76 bits per heavy atom. The number of nitrogens with one attached hydrogen (secondary N) is 2. The topological polar surface area (TPSA) is 69.5 Å². The standard InChI is InChI=1S/C27H34N4O2S/c1-3-31-17-19-11-12-34-30(2)23-14-20(15-24(31)26(19)23)27(33)29-22(13-18-7-5-4-6-8-18)25(32)16-28-21-9-10-21/h4-8,14-15,17,21-22,25,28,32H,3,9-13,16H2,1-2H3,(H,29,33)/t22-,25+/m0/s1. The Kier molecular flexibility index (Phi) is 6.86. The number of nitrogens with zero attached hydrogens (tertiary/aromatic N) is 2. The molecule has 180 valence electrons. The summed E-state index contributed by atoms with van der Waals surface area (Å²) >= 11 is 1.79. The number of aryl methyl sites for hydroxylation is 2. The smallest absolute Gasteiger partial charge is 0.251 e. The van der Waals surface area contributed by atoms with Crippen LogP contribution >= 0.6 is 11.9 Å². The Labute approximate surface area is 205 Å². The van der Waals surface area contributed by atoms with Crippen molar-refractivity contribution in [1.82, 2.24) is 15.2 Å². The van der Waals surface area contributed by atoms with Crippen molar-refractivity contribution < 1.29 is 9.90 Å². The second-order valence-electron chi connectivity index (χ2n) is 9.43. The number of aromatic nitrogens is 1. The lowest BCUT2D eigenvalue weighted by Crippen LogP contribution is -2.49. The number of hydrogen-bond donors (Lipinski definition) is 3. The largest absolute Gasteiger partial charge is 0.390 e. The van der Waals surface area contributed by atoms with Gasteiger partial charge in [-0.25, -0.2) is 0 Å². The molecular weight excluding hydrogens is 444 g/mol. The van der Waals surface area contributed by atoms with Crippen LogP contribution in [0.5, 0.6) is 0 Å². The summed E-state index contributed by atoms with van der Waals surface area (Å²) in [6.45, 7) is 3.48. The molecule has 1 aliphatic carbocycles. The minimum absolute atomic E-state index is 0.141. The van der Waals surface area contributed by atoms with E-state index in [0.717, 1.165) is 48.3 Å². The van der Waals surface area contributed by atoms with Crippen LogP contribution in [0.4, 0.5) is 5.69 Å². The van der Waals surface area contributed by atoms with E-state index in [0.29, 0.717) is 24.6 Å². The normalized spacial score (nSPS) is 17.4. The molecule has 7 heteroatoms. The summed E-state index contributed by atoms with van der Waals surface area (Å²) in [5.74, 6) is 0.882. The Balaban J connectivity index is 1.43. The lowest BCUT2D eigenvalue weighted by molar-refractivity contribution is 0.0830. The number of anilines is 1. The average molecular weight is 479 g/mol. The van der Waals surface area contributed by atoms with Crippen molar-refractivity contribution >= 4 is 34.4 Å². The molecule has 1 aliphatic heterocycles. The third kappa shape index (κ3) is 4.97. The summed E-state index contributed by atoms with van der Waals surface area (Å²) in [4.78, 5) is 13.6. The number of aliphatic hydroxyl groups excluding tert-OH is 1. The molecule has 0 radical (unpaired) electrons. The third-order valence-electron chi connectivity index (χ3n) is 6.91. The van der Waals surface area contributed by atoms with Gasteiger partial charge in [0.25, 0.3) is 5.91 Å². The maximum absolute atomic E-state index is 13.6. The Hall–Kier alpha value is -2.48. The molecule has 3 N–H and O–H groups in total. The van der Waals surface area contributed by atoms with E-state index in [1.54, 1.807) is 11.9 Å². The maximum atomic E-state index is 13.6. The fraction of sp³-hybridized carbons (Fsp3) is 0.444. The highest BCUT2D eigenvalue weighted by Gasteiger charge is 2.27. The van der Waals surface area contributed by atoms with Gasteiger partial charge in [-0.05, 0) is 67.8 Å². The molecule has 5 rings (SSSR count). The average Bonchev–Trinajstić information content (AvgIpc) is 3.64. The van der Waals surface area contributed by atoms with Gasteiger partial charge in [-0.1, -0.05) is 30.3 Å². The van der Waals surface area contributed by atoms with Crippen LogP contribution in [0.1, 0.15) is 41.3 Å². The molecule has 0 spiro atoms. The van der Waals surface area contributed by atoms with Crippen molar-refractivity contribution in [3.63, 3.8) is 0 Å². The minimum Gasteiger partial charge on any atom is -0.390 e. The molecule has 0 saturated heterocycles. The molecule has 2 heterocycles. The number of rotatable bonds is 9. The van der Waals surface area contributed by atoms with Crippen molar-refractivity contribution in [3.8, 4) is 0 Å². The lowest BCUT2D eigenvalue weighted by atomic mass is 10.00. The molecule has 1 amide bonds. The van der Waals surface area contributed by atoms with E-state index in [1.807, 2.05) is 42.5 Å². The predicted octanol–water partition coefficient (Wildman–Crippen LogP) is 3.76. The lowest BCUT2D eigenvalue weighted by Gasteiger charge is -2.25. The molecule has 1 aromatic heterocycles. The van der Waals surface area contributed by atoms with Crippen molar-refractivity contribution in [2.45, 2.75) is 57.3 Å². The predicted molar refractivity (Wildman–Crippen MR) is 141 cm³/mol. The van der Waals surface area contributed by atoms with Crippen molar-refractivity contribution in [3.05, 3.63) is 65.4 Å². The van der Waals surface area contributed by atoms with Crippen LogP contribution in [0.15, 0.2) is 48.7 Å². The quantitative estimate of drug-likeness (QED) is 0.409. The van der Waals surface area contributed by atoms with Crippen LogP contribution in [-0.4, -0.2) is 53.1 Å². The highest BCUT2D eigenvalue weighted by molar-refractivity contribution is 8.00. The molecule has 1 saturated carbocycles. The van der Waals surface area contributed by atoms with Crippen LogP contribution in [0.3, 0.4) is 0 Å². The van der Waals surface area contributed by atoms with E-state index in [4.69, 9.17) is 0 Å². The molecule has 2 atom stereocenters. The van der Waals surface area contributed by atoms with E-state index in [1.165, 1.54) is 10.9 Å². The van der Waals surface area contributed by atoms with Gasteiger partial charge in [0.15, 0.2) is 0 Å². The molecule has 0 bridgehead atoms. The molecular formula is C27H34N4O2S. The van der Waals surface area contributed by atoms with Gasteiger partial charge < -0.3 is 24.6 Å².